The maximum atomic E-state index is 12.1. The van der Waals surface area contributed by atoms with Gasteiger partial charge in [-0.05, 0) is 26.2 Å². The molecule has 0 radical (unpaired) electrons. The Morgan fingerprint density at radius 2 is 2.16 bits per heavy atom. The van der Waals surface area contributed by atoms with Gasteiger partial charge >= 0.3 is 0 Å². The van der Waals surface area contributed by atoms with Crippen molar-refractivity contribution in [2.24, 2.45) is 0 Å². The van der Waals surface area contributed by atoms with Gasteiger partial charge in [-0.3, -0.25) is 9.69 Å². The molecule has 1 rings (SSSR count). The van der Waals surface area contributed by atoms with Crippen LogP contribution >= 0.6 is 0 Å². The van der Waals surface area contributed by atoms with E-state index >= 15 is 0 Å². The first-order valence-corrected chi connectivity index (χ1v) is 7.34. The molecular formula is C14H28N2O3. The van der Waals surface area contributed by atoms with Crippen LogP contribution in [0.1, 0.15) is 39.0 Å². The summed E-state index contributed by atoms with van der Waals surface area (Å²) < 4.78 is 4.96. The fourth-order valence-corrected chi connectivity index (χ4v) is 2.77. The third-order valence-electron chi connectivity index (χ3n) is 3.85. The minimum absolute atomic E-state index is 0.0523. The standard InChI is InChI=1S/C14H28N2O3/c1-12(14(18)15-8-5-11-19-2)16(9-10-17)13-6-3-4-7-13/h12-13,17H,3-11H2,1-2H3,(H,15,18). The Kier molecular flexibility index (Phi) is 8.02. The van der Waals surface area contributed by atoms with Crippen molar-refractivity contribution in [1.29, 1.82) is 0 Å². The monoisotopic (exact) mass is 272 g/mol. The third kappa shape index (κ3) is 5.47. The van der Waals surface area contributed by atoms with Crippen LogP contribution in [0.2, 0.25) is 0 Å². The summed E-state index contributed by atoms with van der Waals surface area (Å²) in [5.41, 5.74) is 0. The molecule has 5 nitrogen and oxygen atoms in total. The second-order valence-electron chi connectivity index (χ2n) is 5.21. The van der Waals surface area contributed by atoms with Crippen LogP contribution in [0.15, 0.2) is 0 Å². The first kappa shape index (κ1) is 16.4. The predicted molar refractivity (Wildman–Crippen MR) is 75.0 cm³/mol. The fraction of sp³-hybridized carbons (Fsp3) is 0.929. The third-order valence-corrected chi connectivity index (χ3v) is 3.85. The lowest BCUT2D eigenvalue weighted by Crippen LogP contribution is -2.50. The molecule has 1 atom stereocenters. The van der Waals surface area contributed by atoms with Gasteiger partial charge in [-0.25, -0.2) is 0 Å². The molecule has 0 saturated heterocycles. The molecule has 0 bridgehead atoms. The van der Waals surface area contributed by atoms with Gasteiger partial charge in [0.1, 0.15) is 0 Å². The van der Waals surface area contributed by atoms with E-state index in [1.54, 1.807) is 7.11 Å². The number of carbonyl (C=O) groups is 1. The van der Waals surface area contributed by atoms with Gasteiger partial charge in [0, 0.05) is 32.8 Å². The molecule has 19 heavy (non-hydrogen) atoms. The van der Waals surface area contributed by atoms with Crippen LogP contribution in [-0.4, -0.2) is 61.4 Å². The molecule has 112 valence electrons. The van der Waals surface area contributed by atoms with Crippen LogP contribution in [0, 0.1) is 0 Å². The highest BCUT2D eigenvalue weighted by Gasteiger charge is 2.29. The lowest BCUT2D eigenvalue weighted by Gasteiger charge is -2.33. The van der Waals surface area contributed by atoms with Crippen molar-refractivity contribution < 1.29 is 14.6 Å². The number of hydrogen-bond acceptors (Lipinski definition) is 4. The van der Waals surface area contributed by atoms with Crippen molar-refractivity contribution in [2.45, 2.75) is 51.1 Å². The van der Waals surface area contributed by atoms with Gasteiger partial charge in [0.05, 0.1) is 12.6 Å². The van der Waals surface area contributed by atoms with Crippen LogP contribution in [0.3, 0.4) is 0 Å². The zero-order valence-electron chi connectivity index (χ0n) is 12.2. The normalized spacial score (nSPS) is 17.9. The number of hydrogen-bond donors (Lipinski definition) is 2. The number of aliphatic hydroxyl groups excluding tert-OH is 1. The molecule has 1 unspecified atom stereocenters. The van der Waals surface area contributed by atoms with Gasteiger partial charge < -0.3 is 15.2 Å². The molecule has 2 N–H and O–H groups in total. The largest absolute Gasteiger partial charge is 0.395 e. The quantitative estimate of drug-likeness (QED) is 0.609. The van der Waals surface area contributed by atoms with E-state index in [4.69, 9.17) is 4.74 Å². The minimum Gasteiger partial charge on any atom is -0.395 e. The van der Waals surface area contributed by atoms with Crippen molar-refractivity contribution in [2.75, 3.05) is 33.4 Å². The Hall–Kier alpha value is -0.650. The van der Waals surface area contributed by atoms with Crippen LogP contribution < -0.4 is 5.32 Å². The zero-order valence-corrected chi connectivity index (χ0v) is 12.2. The lowest BCUT2D eigenvalue weighted by molar-refractivity contribution is -0.127. The van der Waals surface area contributed by atoms with Crippen molar-refractivity contribution in [3.63, 3.8) is 0 Å². The van der Waals surface area contributed by atoms with E-state index in [2.05, 4.69) is 10.2 Å². The van der Waals surface area contributed by atoms with E-state index in [1.807, 2.05) is 6.92 Å². The molecule has 0 aromatic carbocycles. The van der Waals surface area contributed by atoms with E-state index in [-0.39, 0.29) is 18.6 Å². The summed E-state index contributed by atoms with van der Waals surface area (Å²) in [6.07, 6.45) is 5.57. The SMILES string of the molecule is COCCCNC(=O)C(C)N(CCO)C1CCCC1. The Labute approximate surface area is 116 Å². The smallest absolute Gasteiger partial charge is 0.237 e. The van der Waals surface area contributed by atoms with E-state index in [9.17, 15) is 9.90 Å². The van der Waals surface area contributed by atoms with Gasteiger partial charge in [-0.2, -0.15) is 0 Å². The van der Waals surface area contributed by atoms with Crippen molar-refractivity contribution in [3.05, 3.63) is 0 Å². The Bertz CT molecular complexity index is 255. The molecule has 0 aromatic heterocycles. The van der Waals surface area contributed by atoms with Gasteiger partial charge in [0.25, 0.3) is 0 Å². The number of rotatable bonds is 9. The second-order valence-corrected chi connectivity index (χ2v) is 5.21. The van der Waals surface area contributed by atoms with Gasteiger partial charge in [0.15, 0.2) is 0 Å². The highest BCUT2D eigenvalue weighted by Crippen LogP contribution is 2.24. The van der Waals surface area contributed by atoms with E-state index < -0.39 is 0 Å². The first-order valence-electron chi connectivity index (χ1n) is 7.34. The first-order chi connectivity index (χ1) is 9.20. The molecule has 0 aromatic rings. The van der Waals surface area contributed by atoms with Crippen LogP contribution in [0.25, 0.3) is 0 Å². The summed E-state index contributed by atoms with van der Waals surface area (Å²) in [6.45, 7) is 3.93. The maximum absolute atomic E-state index is 12.1. The second kappa shape index (κ2) is 9.28. The highest BCUT2D eigenvalue weighted by molar-refractivity contribution is 5.81. The molecule has 0 aliphatic heterocycles. The van der Waals surface area contributed by atoms with Gasteiger partial charge in [-0.1, -0.05) is 12.8 Å². The predicted octanol–water partition coefficient (Wildman–Crippen LogP) is 0.765. The number of methoxy groups -OCH3 is 1. The summed E-state index contributed by atoms with van der Waals surface area (Å²) in [7, 11) is 1.66. The number of amides is 1. The Morgan fingerprint density at radius 1 is 1.47 bits per heavy atom. The average Bonchev–Trinajstić information content (AvgIpc) is 2.93. The maximum Gasteiger partial charge on any atom is 0.237 e. The topological polar surface area (TPSA) is 61.8 Å². The zero-order chi connectivity index (χ0) is 14.1. The summed E-state index contributed by atoms with van der Waals surface area (Å²) in [6, 6.07) is 0.282. The lowest BCUT2D eigenvalue weighted by atomic mass is 10.1. The van der Waals surface area contributed by atoms with E-state index in [0.717, 1.165) is 19.3 Å². The summed E-state index contributed by atoms with van der Waals surface area (Å²) in [5.74, 6) is 0.0523. The molecule has 1 saturated carbocycles. The Balaban J connectivity index is 2.40. The van der Waals surface area contributed by atoms with E-state index in [1.165, 1.54) is 12.8 Å². The molecule has 0 heterocycles. The number of carbonyl (C=O) groups excluding carboxylic acids is 1. The van der Waals surface area contributed by atoms with Crippen molar-refractivity contribution in [3.8, 4) is 0 Å². The molecular weight excluding hydrogens is 244 g/mol. The van der Waals surface area contributed by atoms with Crippen molar-refractivity contribution in [1.82, 2.24) is 10.2 Å². The Morgan fingerprint density at radius 3 is 2.74 bits per heavy atom. The molecule has 1 fully saturated rings. The number of ether oxygens (including phenoxy) is 1. The molecule has 1 aliphatic rings. The van der Waals surface area contributed by atoms with Gasteiger partial charge in [0.2, 0.25) is 5.91 Å². The summed E-state index contributed by atoms with van der Waals surface area (Å²) >= 11 is 0. The highest BCUT2D eigenvalue weighted by atomic mass is 16.5. The minimum atomic E-state index is -0.169. The van der Waals surface area contributed by atoms with E-state index in [0.29, 0.717) is 25.7 Å². The van der Waals surface area contributed by atoms with Crippen LogP contribution in [-0.2, 0) is 9.53 Å². The summed E-state index contributed by atoms with van der Waals surface area (Å²) in [5, 5.41) is 12.1. The fourth-order valence-electron chi connectivity index (χ4n) is 2.77. The summed E-state index contributed by atoms with van der Waals surface area (Å²) in [4.78, 5) is 14.3. The van der Waals surface area contributed by atoms with Crippen molar-refractivity contribution >= 4 is 5.91 Å². The molecule has 5 heteroatoms. The van der Waals surface area contributed by atoms with Crippen LogP contribution in [0.4, 0.5) is 0 Å². The number of aliphatic hydroxyl groups is 1. The molecule has 1 amide bonds. The molecule has 0 spiro atoms. The average molecular weight is 272 g/mol. The number of nitrogens with one attached hydrogen (secondary N) is 1. The van der Waals surface area contributed by atoms with Crippen LogP contribution in [0.5, 0.6) is 0 Å². The number of nitrogens with zero attached hydrogens (tertiary/aromatic N) is 1. The van der Waals surface area contributed by atoms with Gasteiger partial charge in [-0.15, -0.1) is 0 Å². The molecule has 1 aliphatic carbocycles.